The van der Waals surface area contributed by atoms with Crippen molar-refractivity contribution in [3.63, 3.8) is 0 Å². The quantitative estimate of drug-likeness (QED) is 0.683. The van der Waals surface area contributed by atoms with Crippen LogP contribution in [0.1, 0.15) is 26.2 Å². The van der Waals surface area contributed by atoms with Crippen molar-refractivity contribution in [1.82, 2.24) is 4.90 Å². The van der Waals surface area contributed by atoms with Gasteiger partial charge >= 0.3 is 0 Å². The van der Waals surface area contributed by atoms with E-state index in [2.05, 4.69) is 4.90 Å². The average molecular weight is 192 g/mol. The molecular formula is C9H18ClNO. The van der Waals surface area contributed by atoms with Crippen LogP contribution in [0.3, 0.4) is 0 Å². The van der Waals surface area contributed by atoms with E-state index in [1.54, 1.807) is 0 Å². The molecule has 0 bridgehead atoms. The van der Waals surface area contributed by atoms with E-state index < -0.39 is 5.60 Å². The van der Waals surface area contributed by atoms with E-state index in [-0.39, 0.29) is 0 Å². The Morgan fingerprint density at radius 1 is 1.58 bits per heavy atom. The highest BCUT2D eigenvalue weighted by Gasteiger charge is 2.27. The summed E-state index contributed by atoms with van der Waals surface area (Å²) in [4.78, 5) is 2.30. The van der Waals surface area contributed by atoms with Crippen LogP contribution in [0.4, 0.5) is 0 Å². The van der Waals surface area contributed by atoms with Crippen LogP contribution >= 0.6 is 11.6 Å². The van der Waals surface area contributed by atoms with E-state index in [1.165, 1.54) is 0 Å². The fourth-order valence-electron chi connectivity index (χ4n) is 1.80. The topological polar surface area (TPSA) is 23.5 Å². The van der Waals surface area contributed by atoms with Gasteiger partial charge in [0.1, 0.15) is 0 Å². The summed E-state index contributed by atoms with van der Waals surface area (Å²) in [6.07, 6.45) is 3.07. The molecule has 0 aromatic heterocycles. The monoisotopic (exact) mass is 191 g/mol. The summed E-state index contributed by atoms with van der Waals surface area (Å²) in [6.45, 7) is 4.87. The molecule has 2 nitrogen and oxygen atoms in total. The number of aliphatic hydroxyl groups is 1. The largest absolute Gasteiger partial charge is 0.389 e. The summed E-state index contributed by atoms with van der Waals surface area (Å²) in [6, 6.07) is 0. The van der Waals surface area contributed by atoms with Crippen LogP contribution in [0.5, 0.6) is 0 Å². The van der Waals surface area contributed by atoms with Crippen molar-refractivity contribution in [3.8, 4) is 0 Å². The molecule has 1 aliphatic heterocycles. The number of hydrogen-bond acceptors (Lipinski definition) is 2. The van der Waals surface area contributed by atoms with E-state index in [0.717, 1.165) is 44.8 Å². The molecule has 0 amide bonds. The summed E-state index contributed by atoms with van der Waals surface area (Å²) < 4.78 is 0. The van der Waals surface area contributed by atoms with Gasteiger partial charge in [-0.1, -0.05) is 0 Å². The second kappa shape index (κ2) is 4.45. The number of rotatable bonds is 3. The Morgan fingerprint density at radius 3 is 2.92 bits per heavy atom. The van der Waals surface area contributed by atoms with Crippen LogP contribution in [0.2, 0.25) is 0 Å². The van der Waals surface area contributed by atoms with Crippen molar-refractivity contribution >= 4 is 11.6 Å². The Bertz CT molecular complexity index is 138. The van der Waals surface area contributed by atoms with Gasteiger partial charge in [-0.3, -0.25) is 0 Å². The van der Waals surface area contributed by atoms with Crippen LogP contribution in [0, 0.1) is 0 Å². The standard InChI is InChI=1S/C9H18ClNO/c1-9(12)4-2-6-11(8-9)7-3-5-10/h12H,2-8H2,1H3. The van der Waals surface area contributed by atoms with E-state index in [1.807, 2.05) is 6.92 Å². The number of hydrogen-bond donors (Lipinski definition) is 1. The molecular weight excluding hydrogens is 174 g/mol. The van der Waals surface area contributed by atoms with Crippen LogP contribution in [-0.4, -0.2) is 41.1 Å². The fourth-order valence-corrected chi connectivity index (χ4v) is 1.92. The fraction of sp³-hybridized carbons (Fsp3) is 1.00. The van der Waals surface area contributed by atoms with Crippen molar-refractivity contribution in [2.24, 2.45) is 0 Å². The Balaban J connectivity index is 2.26. The minimum atomic E-state index is -0.468. The summed E-state index contributed by atoms with van der Waals surface area (Å²) >= 11 is 5.60. The minimum Gasteiger partial charge on any atom is -0.389 e. The molecule has 1 atom stereocenters. The second-order valence-corrected chi connectivity index (χ2v) is 4.30. The molecule has 0 aliphatic carbocycles. The Morgan fingerprint density at radius 2 is 2.33 bits per heavy atom. The first-order valence-electron chi connectivity index (χ1n) is 4.65. The summed E-state index contributed by atoms with van der Waals surface area (Å²) in [5, 5.41) is 9.77. The third kappa shape index (κ3) is 3.30. The molecule has 0 aromatic rings. The number of nitrogens with zero attached hydrogens (tertiary/aromatic N) is 1. The summed E-state index contributed by atoms with van der Waals surface area (Å²) in [5.74, 6) is 0.721. The molecule has 1 fully saturated rings. The molecule has 0 saturated carbocycles. The van der Waals surface area contributed by atoms with Gasteiger partial charge in [0.15, 0.2) is 0 Å². The third-order valence-electron chi connectivity index (χ3n) is 2.36. The lowest BCUT2D eigenvalue weighted by Crippen LogP contribution is -2.46. The van der Waals surface area contributed by atoms with Gasteiger partial charge in [0.05, 0.1) is 5.60 Å². The van der Waals surface area contributed by atoms with Crippen molar-refractivity contribution in [3.05, 3.63) is 0 Å². The molecule has 1 rings (SSSR count). The molecule has 1 N–H and O–H groups in total. The van der Waals surface area contributed by atoms with Gasteiger partial charge in [-0.15, -0.1) is 11.6 Å². The SMILES string of the molecule is CC1(O)CCCN(CCCCl)C1. The Labute approximate surface area is 79.5 Å². The minimum absolute atomic E-state index is 0.468. The second-order valence-electron chi connectivity index (χ2n) is 3.92. The maximum atomic E-state index is 9.77. The van der Waals surface area contributed by atoms with Crippen molar-refractivity contribution in [2.75, 3.05) is 25.5 Å². The van der Waals surface area contributed by atoms with Crippen LogP contribution in [0.25, 0.3) is 0 Å². The van der Waals surface area contributed by atoms with E-state index in [4.69, 9.17) is 11.6 Å². The van der Waals surface area contributed by atoms with Crippen molar-refractivity contribution in [1.29, 1.82) is 0 Å². The molecule has 1 aliphatic rings. The molecule has 12 heavy (non-hydrogen) atoms. The van der Waals surface area contributed by atoms with Crippen molar-refractivity contribution in [2.45, 2.75) is 31.8 Å². The summed E-state index contributed by atoms with van der Waals surface area (Å²) in [7, 11) is 0. The van der Waals surface area contributed by atoms with Gasteiger partial charge in [0.2, 0.25) is 0 Å². The molecule has 1 saturated heterocycles. The van der Waals surface area contributed by atoms with Crippen molar-refractivity contribution < 1.29 is 5.11 Å². The van der Waals surface area contributed by atoms with E-state index in [9.17, 15) is 5.11 Å². The predicted molar refractivity (Wildman–Crippen MR) is 51.6 cm³/mol. The first-order valence-corrected chi connectivity index (χ1v) is 5.18. The maximum Gasteiger partial charge on any atom is 0.0746 e. The zero-order valence-electron chi connectivity index (χ0n) is 7.72. The van der Waals surface area contributed by atoms with Crippen LogP contribution < -0.4 is 0 Å². The van der Waals surface area contributed by atoms with E-state index >= 15 is 0 Å². The lowest BCUT2D eigenvalue weighted by atomic mass is 9.95. The van der Waals surface area contributed by atoms with E-state index in [0.29, 0.717) is 0 Å². The zero-order chi connectivity index (χ0) is 9.03. The first kappa shape index (κ1) is 10.3. The highest BCUT2D eigenvalue weighted by Crippen LogP contribution is 2.19. The van der Waals surface area contributed by atoms with Gasteiger partial charge < -0.3 is 10.0 Å². The number of likely N-dealkylation sites (tertiary alicyclic amines) is 1. The van der Waals surface area contributed by atoms with Gasteiger partial charge in [-0.25, -0.2) is 0 Å². The molecule has 1 heterocycles. The smallest absolute Gasteiger partial charge is 0.0746 e. The van der Waals surface area contributed by atoms with Crippen LogP contribution in [-0.2, 0) is 0 Å². The molecule has 0 aromatic carbocycles. The molecule has 72 valence electrons. The molecule has 3 heteroatoms. The molecule has 0 spiro atoms. The number of halogens is 1. The van der Waals surface area contributed by atoms with Gasteiger partial charge in [0, 0.05) is 12.4 Å². The first-order chi connectivity index (χ1) is 5.64. The Kier molecular flexibility index (Phi) is 3.81. The number of alkyl halides is 1. The summed E-state index contributed by atoms with van der Waals surface area (Å²) in [5.41, 5.74) is -0.468. The highest BCUT2D eigenvalue weighted by molar-refractivity contribution is 6.17. The van der Waals surface area contributed by atoms with Crippen LogP contribution in [0.15, 0.2) is 0 Å². The normalized spacial score (nSPS) is 32.2. The average Bonchev–Trinajstić information content (AvgIpc) is 1.99. The molecule has 1 unspecified atom stereocenters. The lowest BCUT2D eigenvalue weighted by molar-refractivity contribution is -0.0152. The number of β-amino-alcohol motifs (C(OH)–C–C–N with tert-alkyl or cyclic N) is 1. The van der Waals surface area contributed by atoms with Gasteiger partial charge in [-0.05, 0) is 39.3 Å². The van der Waals surface area contributed by atoms with Gasteiger partial charge in [0.25, 0.3) is 0 Å². The van der Waals surface area contributed by atoms with Gasteiger partial charge in [-0.2, -0.15) is 0 Å². The molecule has 0 radical (unpaired) electrons. The predicted octanol–water partition coefficient (Wildman–Crippen LogP) is 1.46. The third-order valence-corrected chi connectivity index (χ3v) is 2.63. The lowest BCUT2D eigenvalue weighted by Gasteiger charge is -2.36. The maximum absolute atomic E-state index is 9.77. The highest BCUT2D eigenvalue weighted by atomic mass is 35.5. The Hall–Kier alpha value is 0.210. The zero-order valence-corrected chi connectivity index (χ0v) is 8.48. The number of piperidine rings is 1.